The molecule has 1 aromatic carbocycles. The van der Waals surface area contributed by atoms with Gasteiger partial charge in [-0.2, -0.15) is 0 Å². The van der Waals surface area contributed by atoms with Crippen molar-refractivity contribution in [3.05, 3.63) is 34.3 Å². The predicted octanol–water partition coefficient (Wildman–Crippen LogP) is 3.02. The van der Waals surface area contributed by atoms with E-state index in [4.69, 9.17) is 11.6 Å². The zero-order valence-corrected chi connectivity index (χ0v) is 7.24. The van der Waals surface area contributed by atoms with Crippen molar-refractivity contribution in [3.63, 3.8) is 0 Å². The molecular weight excluding hydrogens is 198 g/mol. The van der Waals surface area contributed by atoms with Crippen LogP contribution >= 0.6 is 11.6 Å². The van der Waals surface area contributed by atoms with Gasteiger partial charge in [-0.1, -0.05) is 11.6 Å². The van der Waals surface area contributed by atoms with Crippen molar-refractivity contribution >= 4 is 17.4 Å². The summed E-state index contributed by atoms with van der Waals surface area (Å²) in [5, 5.41) is 0.230. The van der Waals surface area contributed by atoms with E-state index in [1.54, 1.807) is 0 Å². The van der Waals surface area contributed by atoms with E-state index in [-0.39, 0.29) is 16.1 Å². The van der Waals surface area contributed by atoms with E-state index in [2.05, 4.69) is 0 Å². The molecule has 68 valence electrons. The Labute approximate surface area is 78.3 Å². The average molecular weight is 203 g/mol. The molecule has 2 rings (SSSR count). The lowest BCUT2D eigenvalue weighted by atomic mass is 10.1. The highest BCUT2D eigenvalue weighted by atomic mass is 35.5. The van der Waals surface area contributed by atoms with Gasteiger partial charge in [0.15, 0.2) is 5.78 Å². The number of hydrogen-bond donors (Lipinski definition) is 0. The molecule has 1 aliphatic rings. The third-order valence-corrected chi connectivity index (χ3v) is 2.29. The summed E-state index contributed by atoms with van der Waals surface area (Å²) in [7, 11) is 0. The van der Waals surface area contributed by atoms with Crippen LogP contribution < -0.4 is 0 Å². The lowest BCUT2D eigenvalue weighted by Gasteiger charge is -2.08. The number of halogens is 3. The first kappa shape index (κ1) is 8.63. The summed E-state index contributed by atoms with van der Waals surface area (Å²) >= 11 is 5.55. The largest absolute Gasteiger partial charge is 0.294 e. The van der Waals surface area contributed by atoms with Gasteiger partial charge in [0.2, 0.25) is 0 Å². The maximum absolute atomic E-state index is 13.1. The van der Waals surface area contributed by atoms with Crippen molar-refractivity contribution < 1.29 is 13.6 Å². The molecule has 0 radical (unpaired) electrons. The van der Waals surface area contributed by atoms with E-state index in [1.165, 1.54) is 12.1 Å². The Morgan fingerprint density at radius 2 is 2.08 bits per heavy atom. The first-order valence-electron chi connectivity index (χ1n) is 3.72. The van der Waals surface area contributed by atoms with Crippen molar-refractivity contribution in [3.8, 4) is 0 Å². The molecule has 1 aliphatic carbocycles. The lowest BCUT2D eigenvalue weighted by molar-refractivity contribution is 0.00108. The molecule has 0 atom stereocenters. The lowest BCUT2D eigenvalue weighted by Crippen LogP contribution is -2.08. The van der Waals surface area contributed by atoms with Crippen molar-refractivity contribution in [2.75, 3.05) is 0 Å². The van der Waals surface area contributed by atoms with E-state index in [0.717, 1.165) is 6.07 Å². The summed E-state index contributed by atoms with van der Waals surface area (Å²) in [5.74, 6) is -3.56. The summed E-state index contributed by atoms with van der Waals surface area (Å²) in [6.07, 6.45) is -0.733. The zero-order chi connectivity index (χ0) is 9.64. The van der Waals surface area contributed by atoms with Gasteiger partial charge in [-0.05, 0) is 18.2 Å². The monoisotopic (exact) mass is 202 g/mol. The van der Waals surface area contributed by atoms with Crippen LogP contribution in [0.3, 0.4) is 0 Å². The molecule has 0 saturated heterocycles. The number of rotatable bonds is 0. The van der Waals surface area contributed by atoms with E-state index in [0.29, 0.717) is 0 Å². The summed E-state index contributed by atoms with van der Waals surface area (Å²) in [6.45, 7) is 0. The molecule has 0 N–H and O–H groups in total. The van der Waals surface area contributed by atoms with Gasteiger partial charge >= 0.3 is 0 Å². The van der Waals surface area contributed by atoms with Gasteiger partial charge in [-0.15, -0.1) is 0 Å². The van der Waals surface area contributed by atoms with Crippen LogP contribution in [0, 0.1) is 0 Å². The standard InChI is InChI=1S/C9H5ClF2O/c10-5-1-2-6-7(3-5)9(11,12)4-8(6)13/h1-3H,4H2. The Hall–Kier alpha value is -0.960. The van der Waals surface area contributed by atoms with Gasteiger partial charge in [-0.3, -0.25) is 4.79 Å². The molecule has 0 fully saturated rings. The van der Waals surface area contributed by atoms with E-state index in [1.807, 2.05) is 0 Å². The molecule has 0 bridgehead atoms. The van der Waals surface area contributed by atoms with Gasteiger partial charge in [0, 0.05) is 16.1 Å². The summed E-state index contributed by atoms with van der Waals surface area (Å²) in [4.78, 5) is 11.1. The first-order chi connectivity index (χ1) is 6.00. The van der Waals surface area contributed by atoms with Crippen molar-refractivity contribution in [2.45, 2.75) is 12.3 Å². The Kier molecular flexibility index (Phi) is 1.67. The van der Waals surface area contributed by atoms with E-state index in [9.17, 15) is 13.6 Å². The second kappa shape index (κ2) is 2.51. The van der Waals surface area contributed by atoms with Gasteiger partial charge in [0.1, 0.15) is 0 Å². The number of fused-ring (bicyclic) bond motifs is 1. The maximum Gasteiger partial charge on any atom is 0.281 e. The van der Waals surface area contributed by atoms with Crippen molar-refractivity contribution in [1.82, 2.24) is 0 Å². The number of carbonyl (C=O) groups is 1. The zero-order valence-electron chi connectivity index (χ0n) is 6.48. The normalized spacial score (nSPS) is 18.8. The maximum atomic E-state index is 13.1. The predicted molar refractivity (Wildman–Crippen MR) is 44.3 cm³/mol. The van der Waals surface area contributed by atoms with Gasteiger partial charge in [0.05, 0.1) is 6.42 Å². The van der Waals surface area contributed by atoms with Crippen LogP contribution in [0.25, 0.3) is 0 Å². The number of hydrogen-bond acceptors (Lipinski definition) is 1. The highest BCUT2D eigenvalue weighted by molar-refractivity contribution is 6.30. The minimum atomic E-state index is -3.04. The third-order valence-electron chi connectivity index (χ3n) is 2.06. The van der Waals surface area contributed by atoms with Crippen molar-refractivity contribution in [2.24, 2.45) is 0 Å². The molecule has 4 heteroatoms. The van der Waals surface area contributed by atoms with Crippen LogP contribution in [0.2, 0.25) is 5.02 Å². The van der Waals surface area contributed by atoms with Crippen LogP contribution in [0.15, 0.2) is 18.2 Å². The second-order valence-electron chi connectivity index (χ2n) is 2.99. The summed E-state index contributed by atoms with van der Waals surface area (Å²) in [6, 6.07) is 3.95. The number of alkyl halides is 2. The number of benzene rings is 1. The van der Waals surface area contributed by atoms with E-state index >= 15 is 0 Å². The fourth-order valence-electron chi connectivity index (χ4n) is 1.45. The first-order valence-corrected chi connectivity index (χ1v) is 4.09. The second-order valence-corrected chi connectivity index (χ2v) is 3.43. The minimum absolute atomic E-state index is 0.0920. The SMILES string of the molecule is O=C1CC(F)(F)c2cc(Cl)ccc21. The molecule has 0 aromatic heterocycles. The molecule has 0 aliphatic heterocycles. The van der Waals surface area contributed by atoms with Crippen LogP contribution in [-0.2, 0) is 5.92 Å². The molecular formula is C9H5ClF2O. The fourth-order valence-corrected chi connectivity index (χ4v) is 1.63. The fraction of sp³-hybridized carbons (Fsp3) is 0.222. The number of carbonyl (C=O) groups excluding carboxylic acids is 1. The Morgan fingerprint density at radius 3 is 2.77 bits per heavy atom. The Bertz CT molecular complexity index is 387. The van der Waals surface area contributed by atoms with Gasteiger partial charge < -0.3 is 0 Å². The topological polar surface area (TPSA) is 17.1 Å². The van der Waals surface area contributed by atoms with Crippen molar-refractivity contribution in [1.29, 1.82) is 0 Å². The Balaban J connectivity index is 2.66. The Morgan fingerprint density at radius 1 is 1.38 bits per heavy atom. The quantitative estimate of drug-likeness (QED) is 0.632. The minimum Gasteiger partial charge on any atom is -0.294 e. The smallest absolute Gasteiger partial charge is 0.281 e. The van der Waals surface area contributed by atoms with E-state index < -0.39 is 18.1 Å². The average Bonchev–Trinajstić information content (AvgIpc) is 2.23. The van der Waals surface area contributed by atoms with Gasteiger partial charge in [-0.25, -0.2) is 8.78 Å². The van der Waals surface area contributed by atoms with Crippen LogP contribution in [0.5, 0.6) is 0 Å². The molecule has 1 aromatic rings. The van der Waals surface area contributed by atoms with Crippen LogP contribution in [-0.4, -0.2) is 5.78 Å². The summed E-state index contributed by atoms with van der Waals surface area (Å²) in [5.41, 5.74) is -0.153. The third kappa shape index (κ3) is 1.23. The summed E-state index contributed by atoms with van der Waals surface area (Å²) < 4.78 is 26.2. The molecule has 0 amide bonds. The molecule has 13 heavy (non-hydrogen) atoms. The molecule has 0 unspecified atom stereocenters. The molecule has 1 nitrogen and oxygen atoms in total. The van der Waals surface area contributed by atoms with Gasteiger partial charge in [0.25, 0.3) is 5.92 Å². The van der Waals surface area contributed by atoms with Crippen LogP contribution in [0.1, 0.15) is 22.3 Å². The molecule has 0 saturated carbocycles. The highest BCUT2D eigenvalue weighted by Gasteiger charge is 2.44. The number of Topliss-reactive ketones (excluding diaryl/α,β-unsaturated/α-hetero) is 1. The number of ketones is 1. The highest BCUT2D eigenvalue weighted by Crippen LogP contribution is 2.42. The molecule has 0 spiro atoms. The van der Waals surface area contributed by atoms with Crippen LogP contribution in [0.4, 0.5) is 8.78 Å². The molecule has 0 heterocycles.